The second-order valence-corrected chi connectivity index (χ2v) is 6.89. The molecule has 0 bridgehead atoms. The summed E-state index contributed by atoms with van der Waals surface area (Å²) in [6.45, 7) is -0.00947. The number of pyridine rings is 1. The number of H-pyrrole nitrogens is 1. The van der Waals surface area contributed by atoms with Crippen molar-refractivity contribution in [1.82, 2.24) is 15.6 Å². The van der Waals surface area contributed by atoms with Gasteiger partial charge in [-0.3, -0.25) is 14.4 Å². The summed E-state index contributed by atoms with van der Waals surface area (Å²) >= 11 is 5.63. The summed E-state index contributed by atoms with van der Waals surface area (Å²) in [7, 11) is 0. The number of amides is 2. The van der Waals surface area contributed by atoms with E-state index in [4.69, 9.17) is 17.3 Å². The van der Waals surface area contributed by atoms with Crippen LogP contribution >= 0.6 is 11.6 Å². The van der Waals surface area contributed by atoms with E-state index in [9.17, 15) is 19.5 Å². The van der Waals surface area contributed by atoms with Crippen LogP contribution in [-0.4, -0.2) is 41.1 Å². The Labute approximate surface area is 142 Å². The van der Waals surface area contributed by atoms with Crippen LogP contribution in [0.1, 0.15) is 29.8 Å². The molecule has 6 N–H and O–H groups in total. The highest BCUT2D eigenvalue weighted by Gasteiger charge is 2.65. The van der Waals surface area contributed by atoms with Gasteiger partial charge in [0.2, 0.25) is 5.91 Å². The number of carbonyl (C=O) groups excluding carboxylic acids is 2. The molecule has 9 heteroatoms. The zero-order chi connectivity index (χ0) is 17.5. The summed E-state index contributed by atoms with van der Waals surface area (Å²) in [4.78, 5) is 37.6. The van der Waals surface area contributed by atoms with Gasteiger partial charge in [-0.2, -0.15) is 0 Å². The van der Waals surface area contributed by atoms with Crippen molar-refractivity contribution >= 4 is 29.1 Å². The van der Waals surface area contributed by atoms with Crippen molar-refractivity contribution in [3.8, 4) is 0 Å². The molecule has 2 aliphatic rings. The van der Waals surface area contributed by atoms with Gasteiger partial charge in [-0.1, -0.05) is 11.6 Å². The standard InChI is InChI=1S/C15H19ClN4O4/c16-11-9(17)3-10(20-14(11)24)13(23)19-6-7(21)5-18-12(22)8-4-15(8)1-2-15/h3,7-8,21H,1-2,4-6H2,(H,18,22)(H,19,23)(H3,17,20,24). The fourth-order valence-corrected chi connectivity index (χ4v) is 2.94. The summed E-state index contributed by atoms with van der Waals surface area (Å²) in [5, 5.41) is 14.8. The molecule has 2 aliphatic carbocycles. The van der Waals surface area contributed by atoms with Crippen molar-refractivity contribution in [3.63, 3.8) is 0 Å². The van der Waals surface area contributed by atoms with Gasteiger partial charge in [-0.25, -0.2) is 0 Å². The molecule has 130 valence electrons. The highest BCUT2D eigenvalue weighted by atomic mass is 35.5. The third kappa shape index (κ3) is 3.39. The van der Waals surface area contributed by atoms with E-state index in [-0.39, 0.29) is 46.7 Å². The predicted molar refractivity (Wildman–Crippen MR) is 87.6 cm³/mol. The maximum absolute atomic E-state index is 11.9. The van der Waals surface area contributed by atoms with E-state index < -0.39 is 17.6 Å². The van der Waals surface area contributed by atoms with Gasteiger partial charge in [0, 0.05) is 19.0 Å². The van der Waals surface area contributed by atoms with Crippen molar-refractivity contribution in [2.24, 2.45) is 11.3 Å². The number of aromatic amines is 1. The van der Waals surface area contributed by atoms with Crippen LogP contribution in [0.15, 0.2) is 10.9 Å². The van der Waals surface area contributed by atoms with Crippen molar-refractivity contribution in [2.75, 3.05) is 18.8 Å². The molecule has 2 saturated carbocycles. The molecule has 2 atom stereocenters. The molecule has 3 rings (SSSR count). The van der Waals surface area contributed by atoms with Gasteiger partial charge < -0.3 is 26.5 Å². The van der Waals surface area contributed by atoms with Crippen molar-refractivity contribution in [3.05, 3.63) is 27.1 Å². The van der Waals surface area contributed by atoms with Crippen LogP contribution in [0.4, 0.5) is 5.69 Å². The molecule has 1 spiro atoms. The maximum atomic E-state index is 11.9. The van der Waals surface area contributed by atoms with Crippen LogP contribution in [0.25, 0.3) is 0 Å². The van der Waals surface area contributed by atoms with Crippen LogP contribution in [0.5, 0.6) is 0 Å². The van der Waals surface area contributed by atoms with E-state index in [0.29, 0.717) is 0 Å². The van der Waals surface area contributed by atoms with Crippen molar-refractivity contribution in [2.45, 2.75) is 25.4 Å². The number of rotatable bonds is 6. The molecule has 2 fully saturated rings. The van der Waals surface area contributed by atoms with Gasteiger partial charge in [-0.15, -0.1) is 0 Å². The Bertz CT molecular complexity index is 743. The summed E-state index contributed by atoms with van der Waals surface area (Å²) in [6, 6.07) is 1.25. The third-order valence-electron chi connectivity index (χ3n) is 4.65. The average molecular weight is 355 g/mol. The molecule has 0 aliphatic heterocycles. The second kappa shape index (κ2) is 6.10. The summed E-state index contributed by atoms with van der Waals surface area (Å²) < 4.78 is 0. The minimum Gasteiger partial charge on any atom is -0.397 e. The number of aliphatic hydroxyl groups is 1. The highest BCUT2D eigenvalue weighted by molar-refractivity contribution is 6.32. The molecule has 2 unspecified atom stereocenters. The Balaban J connectivity index is 1.43. The molecule has 1 aromatic heterocycles. The first-order valence-corrected chi connectivity index (χ1v) is 8.12. The first-order valence-electron chi connectivity index (χ1n) is 7.75. The number of anilines is 1. The molecular weight excluding hydrogens is 336 g/mol. The molecule has 24 heavy (non-hydrogen) atoms. The average Bonchev–Trinajstić information content (AvgIpc) is 3.47. The maximum Gasteiger partial charge on any atom is 0.269 e. The number of hydrogen-bond donors (Lipinski definition) is 5. The molecule has 0 saturated heterocycles. The van der Waals surface area contributed by atoms with Gasteiger partial charge in [-0.05, 0) is 30.7 Å². The van der Waals surface area contributed by atoms with Crippen LogP contribution in [0.3, 0.4) is 0 Å². The SMILES string of the molecule is Nc1cc(C(=O)NCC(O)CNC(=O)C2CC23CC3)[nH]c(=O)c1Cl. The Kier molecular flexibility index (Phi) is 4.27. The largest absolute Gasteiger partial charge is 0.397 e. The van der Waals surface area contributed by atoms with Crippen molar-refractivity contribution in [1.29, 1.82) is 0 Å². The molecular formula is C15H19ClN4O4. The fourth-order valence-electron chi connectivity index (χ4n) is 2.84. The molecule has 2 amide bonds. The minimum absolute atomic E-state index is 0.00295. The molecule has 0 aromatic carbocycles. The molecule has 0 radical (unpaired) electrons. The smallest absolute Gasteiger partial charge is 0.269 e. The summed E-state index contributed by atoms with van der Waals surface area (Å²) in [5.74, 6) is -0.547. The van der Waals surface area contributed by atoms with E-state index in [1.165, 1.54) is 6.07 Å². The van der Waals surface area contributed by atoms with Gasteiger partial charge >= 0.3 is 0 Å². The Morgan fingerprint density at radius 2 is 2.08 bits per heavy atom. The number of halogens is 1. The zero-order valence-electron chi connectivity index (χ0n) is 12.9. The van der Waals surface area contributed by atoms with Crippen LogP contribution in [0.2, 0.25) is 5.02 Å². The van der Waals surface area contributed by atoms with Gasteiger partial charge in [0.05, 0.1) is 11.8 Å². The summed E-state index contributed by atoms with van der Waals surface area (Å²) in [5.41, 5.74) is 5.08. The quantitative estimate of drug-likeness (QED) is 0.474. The Hall–Kier alpha value is -2.06. The van der Waals surface area contributed by atoms with Crippen LogP contribution in [-0.2, 0) is 4.79 Å². The molecule has 1 heterocycles. The van der Waals surface area contributed by atoms with E-state index in [1.54, 1.807) is 0 Å². The number of nitrogens with one attached hydrogen (secondary N) is 3. The number of aromatic nitrogens is 1. The Morgan fingerprint density at radius 3 is 2.67 bits per heavy atom. The van der Waals surface area contributed by atoms with E-state index in [1.807, 2.05) is 0 Å². The van der Waals surface area contributed by atoms with Gasteiger partial charge in [0.25, 0.3) is 11.5 Å². The number of nitrogen functional groups attached to an aromatic ring is 1. The molecule has 8 nitrogen and oxygen atoms in total. The lowest BCUT2D eigenvalue weighted by Gasteiger charge is -2.13. The van der Waals surface area contributed by atoms with Crippen LogP contribution < -0.4 is 21.9 Å². The van der Waals surface area contributed by atoms with E-state index >= 15 is 0 Å². The topological polar surface area (TPSA) is 137 Å². The van der Waals surface area contributed by atoms with Crippen molar-refractivity contribution < 1.29 is 14.7 Å². The monoisotopic (exact) mass is 354 g/mol. The lowest BCUT2D eigenvalue weighted by Crippen LogP contribution is -2.41. The van der Waals surface area contributed by atoms with Gasteiger partial charge in [0.15, 0.2) is 0 Å². The number of nitrogens with two attached hydrogens (primary N) is 1. The first kappa shape index (κ1) is 16.8. The molecule has 1 aromatic rings. The third-order valence-corrected chi connectivity index (χ3v) is 5.04. The van der Waals surface area contributed by atoms with E-state index in [0.717, 1.165) is 19.3 Å². The summed E-state index contributed by atoms with van der Waals surface area (Å²) in [6.07, 6.45) is 2.25. The number of hydrogen-bond acceptors (Lipinski definition) is 5. The second-order valence-electron chi connectivity index (χ2n) is 6.51. The lowest BCUT2D eigenvalue weighted by molar-refractivity contribution is -0.123. The number of carbonyl (C=O) groups is 2. The van der Waals surface area contributed by atoms with Gasteiger partial charge in [0.1, 0.15) is 10.7 Å². The number of aliphatic hydroxyl groups excluding tert-OH is 1. The minimum atomic E-state index is -0.928. The van der Waals surface area contributed by atoms with Crippen LogP contribution in [0, 0.1) is 11.3 Å². The highest BCUT2D eigenvalue weighted by Crippen LogP contribution is 2.70. The predicted octanol–water partition coefficient (Wildman–Crippen LogP) is -0.383. The first-order chi connectivity index (χ1) is 11.3. The lowest BCUT2D eigenvalue weighted by atomic mass is 10.2. The Morgan fingerprint density at radius 1 is 1.42 bits per heavy atom. The fraction of sp³-hybridized carbons (Fsp3) is 0.533. The zero-order valence-corrected chi connectivity index (χ0v) is 13.7. The normalized spacial score (nSPS) is 21.2. The van der Waals surface area contributed by atoms with E-state index in [2.05, 4.69) is 15.6 Å².